The fraction of sp³-hybridized carbons (Fsp3) is 0.400. The van der Waals surface area contributed by atoms with E-state index in [1.165, 1.54) is 11.3 Å². The number of carbonyl (C=O) groups is 1. The van der Waals surface area contributed by atoms with Crippen molar-refractivity contribution in [1.29, 1.82) is 0 Å². The quantitative estimate of drug-likeness (QED) is 0.828. The average molecular weight is 306 g/mol. The molecule has 1 aromatic carbocycles. The van der Waals surface area contributed by atoms with E-state index in [4.69, 9.17) is 10.5 Å². The predicted molar refractivity (Wildman–Crippen MR) is 83.6 cm³/mol. The van der Waals surface area contributed by atoms with Gasteiger partial charge in [-0.3, -0.25) is 4.79 Å². The van der Waals surface area contributed by atoms with Gasteiger partial charge in [-0.25, -0.2) is 0 Å². The van der Waals surface area contributed by atoms with Gasteiger partial charge in [-0.15, -0.1) is 11.3 Å². The first-order valence-electron chi connectivity index (χ1n) is 6.91. The molecule has 21 heavy (non-hydrogen) atoms. The lowest BCUT2D eigenvalue weighted by molar-refractivity contribution is -0.0857. The van der Waals surface area contributed by atoms with Gasteiger partial charge in [-0.1, -0.05) is 0 Å². The lowest BCUT2D eigenvalue weighted by Crippen LogP contribution is -2.50. The van der Waals surface area contributed by atoms with Crippen LogP contribution in [0.5, 0.6) is 0 Å². The van der Waals surface area contributed by atoms with Gasteiger partial charge in [-0.2, -0.15) is 0 Å². The van der Waals surface area contributed by atoms with Gasteiger partial charge in [0, 0.05) is 23.5 Å². The second-order valence-electron chi connectivity index (χ2n) is 5.37. The van der Waals surface area contributed by atoms with Crippen LogP contribution in [0.3, 0.4) is 0 Å². The number of nitrogen functional groups attached to an aromatic ring is 1. The number of anilines is 1. The van der Waals surface area contributed by atoms with Crippen molar-refractivity contribution in [1.82, 2.24) is 4.90 Å². The first-order chi connectivity index (χ1) is 10.1. The van der Waals surface area contributed by atoms with Crippen molar-refractivity contribution >= 4 is 33.0 Å². The van der Waals surface area contributed by atoms with Gasteiger partial charge in [-0.05, 0) is 36.6 Å². The van der Waals surface area contributed by atoms with Crippen LogP contribution in [0.25, 0.3) is 10.1 Å². The maximum atomic E-state index is 12.6. The number of hydrogen-bond acceptors (Lipinski definition) is 5. The van der Waals surface area contributed by atoms with Gasteiger partial charge < -0.3 is 20.5 Å². The molecule has 2 unspecified atom stereocenters. The van der Waals surface area contributed by atoms with E-state index in [9.17, 15) is 9.90 Å². The minimum Gasteiger partial charge on any atom is -0.399 e. The fourth-order valence-corrected chi connectivity index (χ4v) is 3.65. The van der Waals surface area contributed by atoms with Crippen LogP contribution in [0.15, 0.2) is 24.3 Å². The maximum Gasteiger partial charge on any atom is 0.264 e. The Balaban J connectivity index is 1.85. The molecule has 2 heterocycles. The summed E-state index contributed by atoms with van der Waals surface area (Å²) in [5, 5.41) is 10.2. The molecule has 5 nitrogen and oxygen atoms in total. The molecule has 0 spiro atoms. The van der Waals surface area contributed by atoms with Crippen molar-refractivity contribution in [3.63, 3.8) is 0 Å². The second kappa shape index (κ2) is 5.63. The summed E-state index contributed by atoms with van der Waals surface area (Å²) in [5.74, 6) is -0.0108. The first-order valence-corrected chi connectivity index (χ1v) is 7.73. The van der Waals surface area contributed by atoms with Gasteiger partial charge in [0.15, 0.2) is 0 Å². The number of aliphatic hydroxyl groups excluding tert-OH is 1. The summed E-state index contributed by atoms with van der Waals surface area (Å²) in [4.78, 5) is 15.1. The molecule has 1 aliphatic heterocycles. The number of benzene rings is 1. The number of morpholine rings is 1. The molecule has 1 aromatic heterocycles. The molecular weight excluding hydrogens is 288 g/mol. The molecule has 3 N–H and O–H groups in total. The SMILES string of the molecule is CC1CN(C(=O)c2cc3cc(N)ccc3s2)CC(CO)O1. The number of fused-ring (bicyclic) bond motifs is 1. The van der Waals surface area contributed by atoms with Crippen LogP contribution >= 0.6 is 11.3 Å². The molecule has 0 aliphatic carbocycles. The number of aliphatic hydroxyl groups is 1. The Morgan fingerprint density at radius 3 is 3.05 bits per heavy atom. The molecule has 3 rings (SSSR count). The van der Waals surface area contributed by atoms with Crippen LogP contribution in [0.1, 0.15) is 16.6 Å². The number of ether oxygens (including phenoxy) is 1. The molecule has 112 valence electrons. The van der Waals surface area contributed by atoms with Crippen molar-refractivity contribution < 1.29 is 14.6 Å². The highest BCUT2D eigenvalue weighted by molar-refractivity contribution is 7.20. The Hall–Kier alpha value is -1.63. The molecule has 0 radical (unpaired) electrons. The van der Waals surface area contributed by atoms with Crippen molar-refractivity contribution in [2.24, 2.45) is 0 Å². The zero-order chi connectivity index (χ0) is 15.0. The van der Waals surface area contributed by atoms with E-state index >= 15 is 0 Å². The van der Waals surface area contributed by atoms with Crippen LogP contribution in [0.2, 0.25) is 0 Å². The van der Waals surface area contributed by atoms with Crippen LogP contribution in [0, 0.1) is 0 Å². The Morgan fingerprint density at radius 2 is 2.29 bits per heavy atom. The van der Waals surface area contributed by atoms with Crippen molar-refractivity contribution in [2.45, 2.75) is 19.1 Å². The Morgan fingerprint density at radius 1 is 1.48 bits per heavy atom. The zero-order valence-electron chi connectivity index (χ0n) is 11.8. The summed E-state index contributed by atoms with van der Waals surface area (Å²) in [7, 11) is 0. The summed E-state index contributed by atoms with van der Waals surface area (Å²) in [6.07, 6.45) is -0.368. The van der Waals surface area contributed by atoms with Crippen LogP contribution < -0.4 is 5.73 Å². The van der Waals surface area contributed by atoms with Gasteiger partial charge in [0.25, 0.3) is 5.91 Å². The summed E-state index contributed by atoms with van der Waals surface area (Å²) in [5.41, 5.74) is 6.47. The predicted octanol–water partition coefficient (Wildman–Crippen LogP) is 1.71. The highest BCUT2D eigenvalue weighted by atomic mass is 32.1. The van der Waals surface area contributed by atoms with Gasteiger partial charge in [0.2, 0.25) is 0 Å². The van der Waals surface area contributed by atoms with E-state index in [2.05, 4.69) is 0 Å². The molecule has 1 amide bonds. The highest BCUT2D eigenvalue weighted by Gasteiger charge is 2.29. The summed E-state index contributed by atoms with van der Waals surface area (Å²) in [6.45, 7) is 2.81. The van der Waals surface area contributed by atoms with E-state index in [-0.39, 0.29) is 24.7 Å². The van der Waals surface area contributed by atoms with Crippen molar-refractivity contribution in [3.05, 3.63) is 29.1 Å². The van der Waals surface area contributed by atoms with E-state index in [0.29, 0.717) is 23.7 Å². The number of nitrogens with zero attached hydrogens (tertiary/aromatic N) is 1. The van der Waals surface area contributed by atoms with Crippen LogP contribution in [-0.2, 0) is 4.74 Å². The summed E-state index contributed by atoms with van der Waals surface area (Å²) in [6, 6.07) is 7.53. The number of carbonyl (C=O) groups excluding carboxylic acids is 1. The smallest absolute Gasteiger partial charge is 0.264 e. The molecule has 1 saturated heterocycles. The number of nitrogens with two attached hydrogens (primary N) is 1. The normalized spacial score (nSPS) is 22.7. The molecule has 6 heteroatoms. The van der Waals surface area contributed by atoms with Gasteiger partial charge >= 0.3 is 0 Å². The minimum absolute atomic E-state index is 0.0108. The lowest BCUT2D eigenvalue weighted by atomic mass is 10.2. The molecule has 0 saturated carbocycles. The molecule has 1 aliphatic rings. The highest BCUT2D eigenvalue weighted by Crippen LogP contribution is 2.28. The van der Waals surface area contributed by atoms with Gasteiger partial charge in [0.1, 0.15) is 0 Å². The number of amides is 1. The Bertz CT molecular complexity index is 670. The number of rotatable bonds is 2. The van der Waals surface area contributed by atoms with E-state index < -0.39 is 0 Å². The zero-order valence-corrected chi connectivity index (χ0v) is 12.6. The number of hydrogen-bond donors (Lipinski definition) is 2. The average Bonchev–Trinajstić information content (AvgIpc) is 2.88. The second-order valence-corrected chi connectivity index (χ2v) is 6.45. The number of thiophene rings is 1. The van der Waals surface area contributed by atoms with Crippen molar-refractivity contribution in [3.8, 4) is 0 Å². The first kappa shape index (κ1) is 14.3. The maximum absolute atomic E-state index is 12.6. The fourth-order valence-electron chi connectivity index (χ4n) is 2.63. The van der Waals surface area contributed by atoms with E-state index in [1.54, 1.807) is 4.90 Å². The molecule has 2 atom stereocenters. The van der Waals surface area contributed by atoms with Crippen molar-refractivity contribution in [2.75, 3.05) is 25.4 Å². The third-order valence-corrected chi connectivity index (χ3v) is 4.67. The molecule has 2 aromatic rings. The topological polar surface area (TPSA) is 75.8 Å². The molecule has 1 fully saturated rings. The largest absolute Gasteiger partial charge is 0.399 e. The standard InChI is InChI=1S/C15H18N2O3S/c1-9-6-17(7-12(8-18)20-9)15(19)14-5-10-4-11(16)2-3-13(10)21-14/h2-5,9,12,18H,6-8,16H2,1H3. The Kier molecular flexibility index (Phi) is 3.84. The minimum atomic E-state index is -0.303. The Labute approximate surface area is 126 Å². The van der Waals surface area contributed by atoms with E-state index in [1.807, 2.05) is 31.2 Å². The molecule has 0 bridgehead atoms. The van der Waals surface area contributed by atoms with E-state index in [0.717, 1.165) is 10.1 Å². The van der Waals surface area contributed by atoms with Crippen LogP contribution in [0.4, 0.5) is 5.69 Å². The van der Waals surface area contributed by atoms with Crippen LogP contribution in [-0.4, -0.2) is 47.8 Å². The third-order valence-electron chi connectivity index (χ3n) is 3.57. The summed E-state index contributed by atoms with van der Waals surface area (Å²) < 4.78 is 6.62. The van der Waals surface area contributed by atoms with Gasteiger partial charge in [0.05, 0.1) is 23.7 Å². The summed E-state index contributed by atoms with van der Waals surface area (Å²) >= 11 is 1.47. The monoisotopic (exact) mass is 306 g/mol. The third kappa shape index (κ3) is 2.88. The lowest BCUT2D eigenvalue weighted by Gasteiger charge is -2.35. The molecular formula is C15H18N2O3S.